The summed E-state index contributed by atoms with van der Waals surface area (Å²) in [6, 6.07) is 10.6. The zero-order valence-corrected chi connectivity index (χ0v) is 15.7. The molecule has 1 aliphatic heterocycles. The molecule has 1 amide bonds. The number of piperazine rings is 1. The van der Waals surface area contributed by atoms with Crippen LogP contribution in [0.5, 0.6) is 0 Å². The van der Waals surface area contributed by atoms with Gasteiger partial charge in [-0.2, -0.15) is 0 Å². The summed E-state index contributed by atoms with van der Waals surface area (Å²) in [7, 11) is 0. The molecule has 0 N–H and O–H groups in total. The van der Waals surface area contributed by atoms with E-state index in [1.807, 2.05) is 0 Å². The van der Waals surface area contributed by atoms with E-state index in [4.69, 9.17) is 0 Å². The van der Waals surface area contributed by atoms with Gasteiger partial charge in [-0.25, -0.2) is 0 Å². The maximum absolute atomic E-state index is 12.5. The Labute approximate surface area is 152 Å². The number of carbonyl (C=O) groups is 1. The molecule has 1 saturated heterocycles. The van der Waals surface area contributed by atoms with Crippen LogP contribution < -0.4 is 0 Å². The van der Waals surface area contributed by atoms with Crippen molar-refractivity contribution < 1.29 is 4.79 Å². The number of carbonyl (C=O) groups excluding carboxylic acids is 1. The lowest BCUT2D eigenvalue weighted by Crippen LogP contribution is -2.60. The second kappa shape index (κ2) is 8.97. The molecule has 0 radical (unpaired) electrons. The second-order valence-corrected chi connectivity index (χ2v) is 7.31. The van der Waals surface area contributed by atoms with E-state index in [2.05, 4.69) is 67.1 Å². The highest BCUT2D eigenvalue weighted by Gasteiger charge is 2.34. The minimum atomic E-state index is 0.0378. The normalized spacial score (nSPS) is 17.8. The van der Waals surface area contributed by atoms with Gasteiger partial charge in [0.05, 0.1) is 6.54 Å². The first-order valence-corrected chi connectivity index (χ1v) is 8.97. The lowest BCUT2D eigenvalue weighted by atomic mass is 9.97. The van der Waals surface area contributed by atoms with Gasteiger partial charge < -0.3 is 4.90 Å². The van der Waals surface area contributed by atoms with E-state index in [9.17, 15) is 4.79 Å². The number of hydrogen-bond acceptors (Lipinski definition) is 3. The molecule has 0 aliphatic carbocycles. The summed E-state index contributed by atoms with van der Waals surface area (Å²) in [6.07, 6.45) is 3.53. The molecule has 1 aromatic carbocycles. The van der Waals surface area contributed by atoms with Gasteiger partial charge in [-0.15, -0.1) is 13.2 Å². The number of amides is 1. The average molecular weight is 341 g/mol. The fourth-order valence-electron chi connectivity index (χ4n) is 3.40. The minimum Gasteiger partial charge on any atom is -0.334 e. The van der Waals surface area contributed by atoms with Gasteiger partial charge in [0.15, 0.2) is 0 Å². The molecule has 4 heteroatoms. The fourth-order valence-corrected chi connectivity index (χ4v) is 3.40. The smallest absolute Gasteiger partial charge is 0.237 e. The summed E-state index contributed by atoms with van der Waals surface area (Å²) < 4.78 is 0. The van der Waals surface area contributed by atoms with Crippen molar-refractivity contribution in [3.63, 3.8) is 0 Å². The quantitative estimate of drug-likeness (QED) is 0.680. The Morgan fingerprint density at radius 3 is 2.36 bits per heavy atom. The summed E-state index contributed by atoms with van der Waals surface area (Å²) in [5, 5.41) is 0. The second-order valence-electron chi connectivity index (χ2n) is 7.31. The summed E-state index contributed by atoms with van der Waals surface area (Å²) in [4.78, 5) is 19.1. The van der Waals surface area contributed by atoms with Crippen molar-refractivity contribution in [2.24, 2.45) is 0 Å². The average Bonchev–Trinajstić information content (AvgIpc) is 2.57. The first-order chi connectivity index (χ1) is 12.0. The minimum absolute atomic E-state index is 0.0378. The van der Waals surface area contributed by atoms with Gasteiger partial charge in [0.2, 0.25) is 5.91 Å². The van der Waals surface area contributed by atoms with Crippen molar-refractivity contribution in [3.8, 4) is 0 Å². The largest absolute Gasteiger partial charge is 0.334 e. The van der Waals surface area contributed by atoms with Crippen LogP contribution in [-0.2, 0) is 11.3 Å². The van der Waals surface area contributed by atoms with Crippen molar-refractivity contribution in [1.29, 1.82) is 0 Å². The third-order valence-electron chi connectivity index (χ3n) is 4.78. The van der Waals surface area contributed by atoms with Gasteiger partial charge in [-0.1, -0.05) is 42.5 Å². The Morgan fingerprint density at radius 1 is 1.16 bits per heavy atom. The number of benzene rings is 1. The molecule has 136 valence electrons. The summed E-state index contributed by atoms with van der Waals surface area (Å²) in [5.41, 5.74) is 1.37. The van der Waals surface area contributed by atoms with Gasteiger partial charge in [0.1, 0.15) is 0 Å². The molecule has 2 rings (SSSR count). The molecule has 0 aromatic heterocycles. The number of hydrogen-bond donors (Lipinski definition) is 0. The van der Waals surface area contributed by atoms with E-state index >= 15 is 0 Å². The van der Waals surface area contributed by atoms with E-state index in [0.29, 0.717) is 19.6 Å². The Kier molecular flexibility index (Phi) is 6.97. The first-order valence-electron chi connectivity index (χ1n) is 8.97. The Bertz CT molecular complexity index is 572. The molecule has 4 nitrogen and oxygen atoms in total. The topological polar surface area (TPSA) is 26.8 Å². The lowest BCUT2D eigenvalue weighted by molar-refractivity contribution is -0.132. The van der Waals surface area contributed by atoms with Crippen LogP contribution >= 0.6 is 0 Å². The molecular formula is C21H31N3O. The van der Waals surface area contributed by atoms with E-state index in [0.717, 1.165) is 26.2 Å². The molecule has 25 heavy (non-hydrogen) atoms. The van der Waals surface area contributed by atoms with E-state index < -0.39 is 0 Å². The van der Waals surface area contributed by atoms with Crippen LogP contribution in [0.15, 0.2) is 55.6 Å². The van der Waals surface area contributed by atoms with Crippen molar-refractivity contribution in [2.45, 2.75) is 25.9 Å². The molecular weight excluding hydrogens is 310 g/mol. The Balaban J connectivity index is 1.93. The zero-order valence-electron chi connectivity index (χ0n) is 15.7. The number of rotatable bonds is 8. The monoisotopic (exact) mass is 341 g/mol. The fraction of sp³-hybridized carbons (Fsp3) is 0.476. The van der Waals surface area contributed by atoms with Crippen molar-refractivity contribution in [3.05, 3.63) is 61.2 Å². The van der Waals surface area contributed by atoms with E-state index in [-0.39, 0.29) is 11.4 Å². The summed E-state index contributed by atoms with van der Waals surface area (Å²) >= 11 is 0. The van der Waals surface area contributed by atoms with Gasteiger partial charge >= 0.3 is 0 Å². The third kappa shape index (κ3) is 5.55. The van der Waals surface area contributed by atoms with E-state index in [1.54, 1.807) is 17.1 Å². The summed E-state index contributed by atoms with van der Waals surface area (Å²) in [6.45, 7) is 17.3. The maximum Gasteiger partial charge on any atom is 0.237 e. The highest BCUT2D eigenvalue weighted by Crippen LogP contribution is 2.23. The molecule has 0 bridgehead atoms. The van der Waals surface area contributed by atoms with Crippen LogP contribution in [0.2, 0.25) is 0 Å². The van der Waals surface area contributed by atoms with Gasteiger partial charge in [0, 0.05) is 44.8 Å². The third-order valence-corrected chi connectivity index (χ3v) is 4.78. The van der Waals surface area contributed by atoms with Crippen LogP contribution in [-0.4, -0.2) is 65.4 Å². The predicted octanol–water partition coefficient (Wildman–Crippen LogP) is 2.78. The standard InChI is InChI=1S/C21H31N3O/c1-5-12-23(13-6-2)20(25)17-22-14-15-24(21(3,4)18-22)16-19-10-8-7-9-11-19/h5-11H,1-2,12-18H2,3-4H3. The SMILES string of the molecule is C=CCN(CC=C)C(=O)CN1CCN(Cc2ccccc2)C(C)(C)C1. The van der Waals surface area contributed by atoms with Crippen LogP contribution in [0.1, 0.15) is 19.4 Å². The van der Waals surface area contributed by atoms with Crippen molar-refractivity contribution in [1.82, 2.24) is 14.7 Å². The molecule has 0 spiro atoms. The highest BCUT2D eigenvalue weighted by molar-refractivity contribution is 5.78. The van der Waals surface area contributed by atoms with Gasteiger partial charge in [0.25, 0.3) is 0 Å². The molecule has 1 heterocycles. The molecule has 1 fully saturated rings. The van der Waals surface area contributed by atoms with Crippen molar-refractivity contribution >= 4 is 5.91 Å². The first kappa shape index (κ1) is 19.4. The molecule has 1 aliphatic rings. The maximum atomic E-state index is 12.5. The lowest BCUT2D eigenvalue weighted by Gasteiger charge is -2.47. The predicted molar refractivity (Wildman–Crippen MR) is 104 cm³/mol. The van der Waals surface area contributed by atoms with Crippen molar-refractivity contribution in [2.75, 3.05) is 39.3 Å². The van der Waals surface area contributed by atoms with Gasteiger partial charge in [-0.3, -0.25) is 14.6 Å². The highest BCUT2D eigenvalue weighted by atomic mass is 16.2. The molecule has 1 aromatic rings. The van der Waals surface area contributed by atoms with Crippen LogP contribution in [0, 0.1) is 0 Å². The Morgan fingerprint density at radius 2 is 1.80 bits per heavy atom. The van der Waals surface area contributed by atoms with Crippen LogP contribution in [0.3, 0.4) is 0 Å². The molecule has 0 saturated carbocycles. The van der Waals surface area contributed by atoms with Crippen LogP contribution in [0.4, 0.5) is 0 Å². The zero-order chi connectivity index (χ0) is 18.3. The molecule has 0 unspecified atom stereocenters. The van der Waals surface area contributed by atoms with E-state index in [1.165, 1.54) is 5.56 Å². The van der Waals surface area contributed by atoms with Crippen LogP contribution in [0.25, 0.3) is 0 Å². The Hall–Kier alpha value is -1.91. The van der Waals surface area contributed by atoms with Gasteiger partial charge in [-0.05, 0) is 19.4 Å². The number of nitrogens with zero attached hydrogens (tertiary/aromatic N) is 3. The summed E-state index contributed by atoms with van der Waals surface area (Å²) in [5.74, 6) is 0.145. The molecule has 0 atom stereocenters.